The third-order valence-corrected chi connectivity index (χ3v) is 6.29. The second-order valence-electron chi connectivity index (χ2n) is 7.87. The van der Waals surface area contributed by atoms with E-state index in [1.165, 1.54) is 25.7 Å². The highest BCUT2D eigenvalue weighted by atomic mass is 16.2. The molecule has 4 heteroatoms. The first kappa shape index (κ1) is 15.7. The van der Waals surface area contributed by atoms with Gasteiger partial charge in [0.05, 0.1) is 0 Å². The van der Waals surface area contributed by atoms with Gasteiger partial charge >= 0.3 is 0 Å². The monoisotopic (exact) mass is 326 g/mol. The SMILES string of the molecule is CC(NC(=O)c1ccc2c(c1)CCCC(=O)N2)C1CC2CCC1C2. The smallest absolute Gasteiger partial charge is 0.251 e. The van der Waals surface area contributed by atoms with E-state index in [1.807, 2.05) is 18.2 Å². The van der Waals surface area contributed by atoms with Gasteiger partial charge in [-0.2, -0.15) is 0 Å². The van der Waals surface area contributed by atoms with Gasteiger partial charge in [0.15, 0.2) is 0 Å². The zero-order valence-corrected chi connectivity index (χ0v) is 14.3. The van der Waals surface area contributed by atoms with Crippen LogP contribution in [0.25, 0.3) is 0 Å². The lowest BCUT2D eigenvalue weighted by Crippen LogP contribution is -2.40. The summed E-state index contributed by atoms with van der Waals surface area (Å²) in [5.74, 6) is 2.44. The molecule has 1 aromatic carbocycles. The fourth-order valence-electron chi connectivity index (χ4n) is 5.02. The van der Waals surface area contributed by atoms with E-state index in [0.29, 0.717) is 17.9 Å². The molecule has 0 spiro atoms. The highest BCUT2D eigenvalue weighted by Crippen LogP contribution is 2.49. The van der Waals surface area contributed by atoms with Crippen molar-refractivity contribution in [1.29, 1.82) is 0 Å². The molecule has 4 rings (SSSR count). The predicted molar refractivity (Wildman–Crippen MR) is 93.9 cm³/mol. The van der Waals surface area contributed by atoms with E-state index in [2.05, 4.69) is 17.6 Å². The summed E-state index contributed by atoms with van der Waals surface area (Å²) in [6.07, 6.45) is 7.61. The van der Waals surface area contributed by atoms with Gasteiger partial charge < -0.3 is 10.6 Å². The second-order valence-corrected chi connectivity index (χ2v) is 7.87. The fraction of sp³-hybridized carbons (Fsp3) is 0.600. The topological polar surface area (TPSA) is 58.2 Å². The number of nitrogens with one attached hydrogen (secondary N) is 2. The predicted octanol–water partition coefficient (Wildman–Crippen LogP) is 3.52. The molecule has 4 unspecified atom stereocenters. The molecule has 4 atom stereocenters. The van der Waals surface area contributed by atoms with E-state index in [0.717, 1.165) is 35.9 Å². The molecular formula is C20H26N2O2. The first-order valence-corrected chi connectivity index (χ1v) is 9.34. The summed E-state index contributed by atoms with van der Waals surface area (Å²) < 4.78 is 0. The maximum Gasteiger partial charge on any atom is 0.251 e. The molecule has 4 nitrogen and oxygen atoms in total. The van der Waals surface area contributed by atoms with E-state index in [4.69, 9.17) is 0 Å². The van der Waals surface area contributed by atoms with Crippen LogP contribution in [0.5, 0.6) is 0 Å². The molecule has 0 radical (unpaired) electrons. The zero-order chi connectivity index (χ0) is 16.7. The Morgan fingerprint density at radius 1 is 1.25 bits per heavy atom. The summed E-state index contributed by atoms with van der Waals surface area (Å²) in [6, 6.07) is 5.89. The molecule has 0 saturated heterocycles. The van der Waals surface area contributed by atoms with Crippen LogP contribution < -0.4 is 10.6 Å². The average molecular weight is 326 g/mol. The lowest BCUT2D eigenvalue weighted by Gasteiger charge is -2.28. The molecule has 2 fully saturated rings. The average Bonchev–Trinajstić information content (AvgIpc) is 3.14. The van der Waals surface area contributed by atoms with Gasteiger partial charge in [0.25, 0.3) is 5.91 Å². The quantitative estimate of drug-likeness (QED) is 0.893. The number of anilines is 1. The Labute approximate surface area is 143 Å². The molecule has 2 amide bonds. The standard InChI is InChI=1S/C20H26N2O2/c1-12(17-10-13-5-6-14(17)9-13)21-20(24)16-7-8-18-15(11-16)3-2-4-19(23)22-18/h7-8,11-14,17H,2-6,9-10H2,1H3,(H,21,24)(H,22,23). The number of amides is 2. The third kappa shape index (κ3) is 2.94. The van der Waals surface area contributed by atoms with Crippen molar-refractivity contribution in [3.8, 4) is 0 Å². The van der Waals surface area contributed by atoms with Crippen molar-refractivity contribution in [2.24, 2.45) is 17.8 Å². The van der Waals surface area contributed by atoms with Crippen molar-refractivity contribution in [2.75, 3.05) is 5.32 Å². The Hall–Kier alpha value is -1.84. The van der Waals surface area contributed by atoms with E-state index in [9.17, 15) is 9.59 Å². The Morgan fingerprint density at radius 3 is 2.88 bits per heavy atom. The Morgan fingerprint density at radius 2 is 2.12 bits per heavy atom. The number of carbonyl (C=O) groups is 2. The summed E-state index contributed by atoms with van der Waals surface area (Å²) in [6.45, 7) is 2.16. The van der Waals surface area contributed by atoms with Crippen molar-refractivity contribution in [1.82, 2.24) is 5.32 Å². The first-order chi connectivity index (χ1) is 11.6. The van der Waals surface area contributed by atoms with Crippen molar-refractivity contribution in [3.05, 3.63) is 29.3 Å². The zero-order valence-electron chi connectivity index (χ0n) is 14.3. The minimum Gasteiger partial charge on any atom is -0.349 e. The highest BCUT2D eigenvalue weighted by molar-refractivity contribution is 5.97. The van der Waals surface area contributed by atoms with E-state index >= 15 is 0 Å². The Balaban J connectivity index is 1.44. The molecule has 24 heavy (non-hydrogen) atoms. The fourth-order valence-corrected chi connectivity index (χ4v) is 5.02. The van der Waals surface area contributed by atoms with E-state index in [-0.39, 0.29) is 17.9 Å². The number of benzene rings is 1. The molecule has 1 aromatic rings. The van der Waals surface area contributed by atoms with Gasteiger partial charge in [0, 0.05) is 23.7 Å². The van der Waals surface area contributed by atoms with Crippen molar-refractivity contribution in [2.45, 2.75) is 57.9 Å². The van der Waals surface area contributed by atoms with Gasteiger partial charge in [-0.05, 0) is 80.5 Å². The van der Waals surface area contributed by atoms with E-state index < -0.39 is 0 Å². The number of rotatable bonds is 3. The summed E-state index contributed by atoms with van der Waals surface area (Å²) in [5.41, 5.74) is 2.64. The van der Waals surface area contributed by atoms with Crippen molar-refractivity contribution < 1.29 is 9.59 Å². The molecule has 0 aromatic heterocycles. The van der Waals surface area contributed by atoms with Crippen LogP contribution in [0, 0.1) is 17.8 Å². The number of hydrogen-bond donors (Lipinski definition) is 2. The van der Waals surface area contributed by atoms with Gasteiger partial charge in [-0.15, -0.1) is 0 Å². The van der Waals surface area contributed by atoms with Crippen LogP contribution in [0.1, 0.15) is 61.4 Å². The molecule has 2 aliphatic carbocycles. The van der Waals surface area contributed by atoms with Gasteiger partial charge in [0.1, 0.15) is 0 Å². The van der Waals surface area contributed by atoms with Gasteiger partial charge in [-0.1, -0.05) is 6.42 Å². The summed E-state index contributed by atoms with van der Waals surface area (Å²) in [7, 11) is 0. The summed E-state index contributed by atoms with van der Waals surface area (Å²) in [5, 5.41) is 6.15. The van der Waals surface area contributed by atoms with Crippen LogP contribution in [0.2, 0.25) is 0 Å². The Kier molecular flexibility index (Phi) is 4.07. The van der Waals surface area contributed by atoms with Crippen LogP contribution in [-0.2, 0) is 11.2 Å². The molecule has 2 bridgehead atoms. The number of aryl methyl sites for hydroxylation is 1. The summed E-state index contributed by atoms with van der Waals surface area (Å²) in [4.78, 5) is 24.3. The summed E-state index contributed by atoms with van der Waals surface area (Å²) >= 11 is 0. The molecule has 2 N–H and O–H groups in total. The maximum atomic E-state index is 12.7. The molecule has 3 aliphatic rings. The van der Waals surface area contributed by atoms with E-state index in [1.54, 1.807) is 0 Å². The van der Waals surface area contributed by atoms with Crippen molar-refractivity contribution in [3.63, 3.8) is 0 Å². The van der Waals surface area contributed by atoms with Crippen LogP contribution >= 0.6 is 0 Å². The molecule has 2 saturated carbocycles. The van der Waals surface area contributed by atoms with Gasteiger partial charge in [-0.25, -0.2) is 0 Å². The number of carbonyl (C=O) groups excluding carboxylic acids is 2. The van der Waals surface area contributed by atoms with Gasteiger partial charge in [0.2, 0.25) is 5.91 Å². The highest BCUT2D eigenvalue weighted by Gasteiger charge is 2.42. The second kappa shape index (κ2) is 6.23. The maximum absolute atomic E-state index is 12.7. The normalized spacial score (nSPS) is 29.5. The molecule has 1 aliphatic heterocycles. The first-order valence-electron chi connectivity index (χ1n) is 9.34. The number of hydrogen-bond acceptors (Lipinski definition) is 2. The lowest BCUT2D eigenvalue weighted by atomic mass is 9.84. The van der Waals surface area contributed by atoms with Crippen LogP contribution in [-0.4, -0.2) is 17.9 Å². The minimum absolute atomic E-state index is 0.0173. The molecule has 1 heterocycles. The van der Waals surface area contributed by atoms with Gasteiger partial charge in [-0.3, -0.25) is 9.59 Å². The molecule has 128 valence electrons. The lowest BCUT2D eigenvalue weighted by molar-refractivity contribution is -0.116. The van der Waals surface area contributed by atoms with Crippen LogP contribution in [0.15, 0.2) is 18.2 Å². The Bertz CT molecular complexity index is 670. The minimum atomic E-state index is 0.0173. The van der Waals surface area contributed by atoms with Crippen LogP contribution in [0.3, 0.4) is 0 Å². The van der Waals surface area contributed by atoms with Crippen molar-refractivity contribution >= 4 is 17.5 Å². The number of fused-ring (bicyclic) bond motifs is 3. The third-order valence-electron chi connectivity index (χ3n) is 6.29. The largest absolute Gasteiger partial charge is 0.349 e. The van der Waals surface area contributed by atoms with Crippen LogP contribution in [0.4, 0.5) is 5.69 Å². The molecular weight excluding hydrogens is 300 g/mol.